The van der Waals surface area contributed by atoms with Gasteiger partial charge in [0.25, 0.3) is 0 Å². The number of nitrogens with zero attached hydrogens (tertiary/aromatic N) is 14. The highest BCUT2D eigenvalue weighted by molar-refractivity contribution is 7.91. The van der Waals surface area contributed by atoms with Crippen LogP contribution in [0.1, 0.15) is 308 Å². The van der Waals surface area contributed by atoms with E-state index in [2.05, 4.69) is 201 Å². The molecule has 870 valence electrons. The van der Waals surface area contributed by atoms with Crippen molar-refractivity contribution in [1.29, 1.82) is 0 Å². The maximum atomic E-state index is 11.0. The van der Waals surface area contributed by atoms with Crippen LogP contribution >= 0.6 is 0 Å². The molecule has 0 aliphatic carbocycles. The lowest BCUT2D eigenvalue weighted by atomic mass is 10.1. The highest BCUT2D eigenvalue weighted by Gasteiger charge is 2.23. The Morgan fingerprint density at radius 3 is 0.566 bits per heavy atom. The van der Waals surface area contributed by atoms with Gasteiger partial charge in [0.05, 0.1) is 89.1 Å². The Morgan fingerprint density at radius 2 is 0.385 bits per heavy atom. The second kappa shape index (κ2) is 123. The van der Waals surface area contributed by atoms with E-state index in [-0.39, 0.29) is 0 Å². The van der Waals surface area contributed by atoms with Crippen molar-refractivity contribution in [3.05, 3.63) is 0 Å². The fraction of sp³-hybridized carbons (Fsp3) is 1.00. The first-order chi connectivity index (χ1) is 69.2. The van der Waals surface area contributed by atoms with E-state index >= 15 is 0 Å². The Hall–Kier alpha value is -1.06. The quantitative estimate of drug-likeness (QED) is 0.0563. The van der Waals surface area contributed by atoms with Crippen molar-refractivity contribution in [2.24, 2.45) is 0 Å². The van der Waals surface area contributed by atoms with Crippen molar-refractivity contribution in [2.75, 3.05) is 437 Å². The maximum Gasteiger partial charge on any atom is 0.152 e. The van der Waals surface area contributed by atoms with Crippen LogP contribution in [-0.4, -0.2) is 522 Å². The number of likely N-dealkylation sites (tertiary alicyclic amines) is 6. The number of sulfone groups is 2. The monoisotopic (exact) mass is 2090 g/mol. The first-order valence-electron chi connectivity index (χ1n) is 58.7. The first-order valence-corrected chi connectivity index (χ1v) is 62.3. The molecule has 0 amide bonds. The van der Waals surface area contributed by atoms with Gasteiger partial charge in [-0.1, -0.05) is 173 Å². The van der Waals surface area contributed by atoms with Gasteiger partial charge in [0, 0.05) is 187 Å². The van der Waals surface area contributed by atoms with E-state index < -0.39 is 19.7 Å². The summed E-state index contributed by atoms with van der Waals surface area (Å²) in [4.78, 5) is 33.4. The van der Waals surface area contributed by atoms with E-state index in [1.165, 1.54) is 336 Å². The largest absolute Gasteiger partial charge is 0.385 e. The van der Waals surface area contributed by atoms with Gasteiger partial charge in [-0.25, -0.2) is 16.8 Å². The summed E-state index contributed by atoms with van der Waals surface area (Å²) in [6, 6.07) is 0. The zero-order valence-corrected chi connectivity index (χ0v) is 102. The van der Waals surface area contributed by atoms with Crippen LogP contribution in [0.15, 0.2) is 0 Å². The van der Waals surface area contributed by atoms with Gasteiger partial charge in [-0.15, -0.1) is 0 Å². The SMILES string of the molecule is CCCCC.CCCCC.CCCCN1CCCC1.CCCCN1CCCCC1.CCCCN1CCOCC1.CCCCN1CCS(=O)(=O)CC1.CCCN(C)CCC.CCCOC.CCCOC.CCCOC.CN1CCCC1.CN1CCCCC1.CN1CCN(C)CC1.CN1CCOCC1.COCCN1CCCC1.COCCN1CCCCC1.COCCN1CCOCC1.COCCN1CCS(=O)(=O)CC1. The van der Waals surface area contributed by atoms with Crippen molar-refractivity contribution in [2.45, 2.75) is 308 Å². The molecule has 12 saturated heterocycles. The van der Waals surface area contributed by atoms with Crippen molar-refractivity contribution in [1.82, 2.24) is 68.6 Å². The smallest absolute Gasteiger partial charge is 0.152 e. The van der Waals surface area contributed by atoms with Crippen LogP contribution < -0.4 is 0 Å². The Morgan fingerprint density at radius 1 is 0.203 bits per heavy atom. The fourth-order valence-corrected chi connectivity index (χ4v) is 18.6. The zero-order chi connectivity index (χ0) is 108. The average molecular weight is 2100 g/mol. The second-order valence-electron chi connectivity index (χ2n) is 40.1. The summed E-state index contributed by atoms with van der Waals surface area (Å²) in [5, 5.41) is 0. The lowest BCUT2D eigenvalue weighted by Crippen LogP contribution is -2.42. The van der Waals surface area contributed by atoms with Gasteiger partial charge in [-0.3, -0.25) is 14.7 Å². The molecule has 28 nitrogen and oxygen atoms in total. The molecule has 0 atom stereocenters. The van der Waals surface area contributed by atoms with E-state index in [1.54, 1.807) is 49.8 Å². The molecule has 12 heterocycles. The minimum absolute atomic E-state index is 0.302. The molecule has 0 N–H and O–H groups in total. The summed E-state index contributed by atoms with van der Waals surface area (Å²) in [6.07, 6.45) is 45.8. The van der Waals surface area contributed by atoms with Crippen LogP contribution in [0, 0.1) is 0 Å². The van der Waals surface area contributed by atoms with Gasteiger partial charge in [-0.2, -0.15) is 0 Å². The predicted octanol–water partition coefficient (Wildman–Crippen LogP) is 17.9. The number of hydrogen-bond donors (Lipinski definition) is 0. The lowest BCUT2D eigenvalue weighted by molar-refractivity contribution is 0.0263. The van der Waals surface area contributed by atoms with E-state index in [0.717, 1.165) is 184 Å². The lowest BCUT2D eigenvalue weighted by Gasteiger charge is -2.28. The molecule has 12 fully saturated rings. The van der Waals surface area contributed by atoms with Gasteiger partial charge < -0.3 is 101 Å². The van der Waals surface area contributed by atoms with Crippen molar-refractivity contribution < 1.29 is 64.2 Å². The predicted molar refractivity (Wildman–Crippen MR) is 620 cm³/mol. The maximum absolute atomic E-state index is 11.0. The van der Waals surface area contributed by atoms with Gasteiger partial charge in [-0.05, 0) is 295 Å². The van der Waals surface area contributed by atoms with Crippen LogP contribution in [0.4, 0.5) is 0 Å². The molecule has 12 aliphatic heterocycles. The molecular weight excluding hydrogens is 1840 g/mol. The molecule has 0 radical (unpaired) electrons. The molecule has 0 aromatic carbocycles. The summed E-state index contributed by atoms with van der Waals surface area (Å²) < 4.78 is 93.5. The molecule has 0 spiro atoms. The minimum Gasteiger partial charge on any atom is -0.385 e. The van der Waals surface area contributed by atoms with Crippen molar-refractivity contribution in [3.63, 3.8) is 0 Å². The zero-order valence-electron chi connectivity index (χ0n) is 100. The molecule has 0 unspecified atom stereocenters. The van der Waals surface area contributed by atoms with Gasteiger partial charge in [0.15, 0.2) is 19.7 Å². The Labute approximate surface area is 892 Å². The summed E-state index contributed by atoms with van der Waals surface area (Å²) >= 11 is 0. The van der Waals surface area contributed by atoms with E-state index in [4.69, 9.17) is 47.4 Å². The van der Waals surface area contributed by atoms with E-state index in [1.807, 2.05) is 0 Å². The average Bonchev–Trinajstić information content (AvgIpc) is 1.33. The van der Waals surface area contributed by atoms with Gasteiger partial charge in [0.1, 0.15) is 0 Å². The number of rotatable bonds is 38. The standard InChI is InChI=1S/C9H19N.C8H17NO2S.2C8H17NO.C8H17N.C7H15NO3S.C7H15NO2.C7H15NO.C7H17N.C6H14N2.C6H13N.C5H11NO.C5H11N.2C5H12.3C4H10O/c1-2-3-7-10-8-5-4-6-9-10;1-2-3-4-9-5-7-12(10,11)8-6-9;1-10-8-7-9-5-3-2-4-6-9;1-2-3-4-9-5-7-10-8-6-9;1-2-3-6-9-7-4-5-8-9;1-11-5-2-8-3-6-12(9,10)7-4-8;1-9-5-2-8-3-6-10-7-4-8;1-9-7-6-8-4-2-3-5-8;1-4-6-8(3)7-5-2;1-7-3-5-8(2)6-4-7;1-7-5-3-2-4-6-7;1-6-2-4-7-5-3-6;1-6-4-2-3-5-6;2*1-3-5-4-2;3*1-3-4-5-2/h2-9H2,1H3;2-8H2,1H3;2*2-8H2,1H3;2-8H2,1H3;2-7H2,1H3;2-7H2,1H3;2-7H2,1H3;4-7H2,1-3H3;3-6H2,1-2H3;2-6H2,1H3;2-5H2,1H3;2-5H2,1H3;2*3-5H2,1-2H3;3*3-4H2,1-2H3. The second-order valence-corrected chi connectivity index (χ2v) is 44.7. The third kappa shape index (κ3) is 121. The normalized spacial score (nSPS) is 19.7. The third-order valence-corrected chi connectivity index (χ3v) is 29.1. The molecular formula is C113H252N14O14S2. The fourth-order valence-electron chi connectivity index (χ4n) is 16.1. The molecule has 12 aliphatic rings. The Balaban J connectivity index is -0.000000350. The number of hydrogen-bond acceptors (Lipinski definition) is 28. The van der Waals surface area contributed by atoms with Crippen LogP contribution in [0.5, 0.6) is 0 Å². The summed E-state index contributed by atoms with van der Waals surface area (Å²) in [7, 11) is 19.6. The number of piperazine rings is 1. The summed E-state index contributed by atoms with van der Waals surface area (Å²) in [6.45, 7) is 81.7. The van der Waals surface area contributed by atoms with Crippen molar-refractivity contribution >= 4 is 19.7 Å². The number of ether oxygens (including phenoxy) is 10. The molecule has 0 saturated carbocycles. The number of piperidine rings is 3. The molecule has 12 rings (SSSR count). The first kappa shape index (κ1) is 153. The molecule has 143 heavy (non-hydrogen) atoms. The Bertz CT molecular complexity index is 2270. The number of unbranched alkanes of at least 4 members (excludes halogenated alkanes) is 8. The number of likely N-dealkylation sites (N-methyl/N-ethyl adjacent to an activating group) is 3. The molecule has 30 heteroatoms. The minimum atomic E-state index is -2.72. The van der Waals surface area contributed by atoms with Crippen LogP contribution in [0.25, 0.3) is 0 Å². The highest BCUT2D eigenvalue weighted by atomic mass is 32.2. The summed E-state index contributed by atoms with van der Waals surface area (Å²) in [5.74, 6) is 1.32. The number of morpholine rings is 3. The van der Waals surface area contributed by atoms with E-state index in [0.29, 0.717) is 42.7 Å². The van der Waals surface area contributed by atoms with Gasteiger partial charge >= 0.3 is 0 Å². The van der Waals surface area contributed by atoms with Gasteiger partial charge in [0.2, 0.25) is 0 Å². The third-order valence-electron chi connectivity index (χ3n) is 25.9. The summed E-state index contributed by atoms with van der Waals surface area (Å²) in [5.41, 5.74) is 0. The molecule has 0 bridgehead atoms. The van der Waals surface area contributed by atoms with E-state index in [9.17, 15) is 16.8 Å². The number of methoxy groups -OCH3 is 7. The van der Waals surface area contributed by atoms with Crippen molar-refractivity contribution in [3.8, 4) is 0 Å². The van der Waals surface area contributed by atoms with Crippen LogP contribution in [0.2, 0.25) is 0 Å². The topological polar surface area (TPSA) is 206 Å². The molecule has 0 aromatic heterocycles. The molecule has 0 aromatic rings. The highest BCUT2D eigenvalue weighted by Crippen LogP contribution is 2.14. The Kier molecular flexibility index (Phi) is 131. The van der Waals surface area contributed by atoms with Crippen LogP contribution in [0.3, 0.4) is 0 Å². The van der Waals surface area contributed by atoms with Crippen LogP contribution in [-0.2, 0) is 67.0 Å².